The maximum absolute atomic E-state index is 12.8. The van der Waals surface area contributed by atoms with E-state index in [4.69, 9.17) is 9.47 Å². The van der Waals surface area contributed by atoms with Crippen molar-refractivity contribution in [2.45, 2.75) is 57.2 Å². The number of hydrogen-bond acceptors (Lipinski definition) is 5. The zero-order valence-electron chi connectivity index (χ0n) is 19.5. The van der Waals surface area contributed by atoms with Crippen molar-refractivity contribution in [3.8, 4) is 5.88 Å². The predicted octanol–water partition coefficient (Wildman–Crippen LogP) is 4.72. The lowest BCUT2D eigenvalue weighted by molar-refractivity contribution is -0.137. The van der Waals surface area contributed by atoms with Gasteiger partial charge >= 0.3 is 6.18 Å². The van der Waals surface area contributed by atoms with E-state index in [-0.39, 0.29) is 6.10 Å². The number of imidazole rings is 1. The third kappa shape index (κ3) is 6.21. The fourth-order valence-corrected chi connectivity index (χ4v) is 4.50. The summed E-state index contributed by atoms with van der Waals surface area (Å²) in [6.45, 7) is 4.37. The SMILES string of the molecule is FC(F)(F)c1ccc(Cc2cccc(OC3CCN(Cc4nccn4C[C@@H]4CCO4)CC3)n2)cc1. The van der Waals surface area contributed by atoms with Gasteiger partial charge < -0.3 is 14.0 Å². The highest BCUT2D eigenvalue weighted by atomic mass is 19.4. The second-order valence-corrected chi connectivity index (χ2v) is 9.21. The Hall–Kier alpha value is -2.91. The molecular weight excluding hydrogens is 457 g/mol. The summed E-state index contributed by atoms with van der Waals surface area (Å²) in [7, 11) is 0. The number of halogens is 3. The number of aromatic nitrogens is 3. The number of piperidine rings is 1. The molecule has 2 aromatic heterocycles. The average Bonchev–Trinajstić information content (AvgIpc) is 3.24. The van der Waals surface area contributed by atoms with Gasteiger partial charge in [0.25, 0.3) is 0 Å². The van der Waals surface area contributed by atoms with Gasteiger partial charge in [-0.05, 0) is 43.0 Å². The molecule has 4 heterocycles. The largest absolute Gasteiger partial charge is 0.474 e. The van der Waals surface area contributed by atoms with Crippen LogP contribution in [0.1, 0.15) is 41.9 Å². The Morgan fingerprint density at radius 3 is 2.49 bits per heavy atom. The molecule has 2 saturated heterocycles. The van der Waals surface area contributed by atoms with Crippen molar-refractivity contribution in [2.75, 3.05) is 19.7 Å². The van der Waals surface area contributed by atoms with Gasteiger partial charge in [-0.25, -0.2) is 9.97 Å². The lowest BCUT2D eigenvalue weighted by atomic mass is 10.1. The van der Waals surface area contributed by atoms with Gasteiger partial charge in [-0.2, -0.15) is 13.2 Å². The zero-order valence-corrected chi connectivity index (χ0v) is 19.5. The van der Waals surface area contributed by atoms with E-state index in [1.165, 1.54) is 12.1 Å². The second-order valence-electron chi connectivity index (χ2n) is 9.21. The highest BCUT2D eigenvalue weighted by Crippen LogP contribution is 2.29. The molecule has 35 heavy (non-hydrogen) atoms. The van der Waals surface area contributed by atoms with E-state index < -0.39 is 11.7 Å². The van der Waals surface area contributed by atoms with Crippen molar-refractivity contribution >= 4 is 0 Å². The van der Waals surface area contributed by atoms with Crippen molar-refractivity contribution in [1.82, 2.24) is 19.4 Å². The van der Waals surface area contributed by atoms with Gasteiger partial charge in [0, 0.05) is 50.3 Å². The summed E-state index contributed by atoms with van der Waals surface area (Å²) in [6.07, 6.45) is 3.31. The highest BCUT2D eigenvalue weighted by molar-refractivity contribution is 5.28. The zero-order chi connectivity index (χ0) is 24.3. The summed E-state index contributed by atoms with van der Waals surface area (Å²) in [5.41, 5.74) is 0.897. The van der Waals surface area contributed by atoms with Crippen LogP contribution in [-0.2, 0) is 30.4 Å². The van der Waals surface area contributed by atoms with Gasteiger partial charge in [-0.15, -0.1) is 0 Å². The molecule has 0 aliphatic carbocycles. The van der Waals surface area contributed by atoms with E-state index in [2.05, 4.69) is 19.4 Å². The Morgan fingerprint density at radius 1 is 1.03 bits per heavy atom. The number of pyridine rings is 1. The minimum absolute atomic E-state index is 0.0863. The summed E-state index contributed by atoms with van der Waals surface area (Å²) >= 11 is 0. The number of likely N-dealkylation sites (tertiary alicyclic amines) is 1. The number of ether oxygens (including phenoxy) is 2. The molecule has 6 nitrogen and oxygen atoms in total. The first kappa shape index (κ1) is 23.8. The van der Waals surface area contributed by atoms with Crippen molar-refractivity contribution in [2.24, 2.45) is 0 Å². The third-order valence-electron chi connectivity index (χ3n) is 6.63. The molecule has 186 valence electrons. The minimum atomic E-state index is -4.33. The highest BCUT2D eigenvalue weighted by Gasteiger charge is 2.30. The first-order chi connectivity index (χ1) is 16.9. The van der Waals surface area contributed by atoms with E-state index in [0.29, 0.717) is 18.4 Å². The molecule has 1 aromatic carbocycles. The third-order valence-corrected chi connectivity index (χ3v) is 6.63. The molecule has 2 aliphatic rings. The first-order valence-corrected chi connectivity index (χ1v) is 12.0. The number of benzene rings is 1. The van der Waals surface area contributed by atoms with Crippen LogP contribution in [0.5, 0.6) is 5.88 Å². The summed E-state index contributed by atoms with van der Waals surface area (Å²) in [4.78, 5) is 11.5. The van der Waals surface area contributed by atoms with Crippen LogP contribution in [-0.4, -0.2) is 51.3 Å². The standard InChI is InChI=1S/C26H29F3N4O2/c27-26(28,29)20-6-4-19(5-7-20)16-21-2-1-3-25(31-21)35-22-8-12-32(13-9-22)18-24-30-11-14-33(24)17-23-10-15-34-23/h1-7,11,14,22-23H,8-10,12-13,15-18H2/t23-/m0/s1. The molecule has 5 rings (SSSR count). The van der Waals surface area contributed by atoms with Crippen molar-refractivity contribution in [3.63, 3.8) is 0 Å². The van der Waals surface area contributed by atoms with Gasteiger partial charge in [0.05, 0.1) is 24.8 Å². The number of nitrogens with zero attached hydrogens (tertiary/aromatic N) is 4. The lowest BCUT2D eigenvalue weighted by Gasteiger charge is -2.32. The second kappa shape index (κ2) is 10.4. The van der Waals surface area contributed by atoms with Gasteiger partial charge in [0.2, 0.25) is 5.88 Å². The molecule has 0 unspecified atom stereocenters. The van der Waals surface area contributed by atoms with E-state index in [1.807, 2.05) is 30.6 Å². The maximum Gasteiger partial charge on any atom is 0.416 e. The Labute approximate surface area is 202 Å². The first-order valence-electron chi connectivity index (χ1n) is 12.0. The van der Waals surface area contributed by atoms with Crippen molar-refractivity contribution in [3.05, 3.63) is 77.5 Å². The van der Waals surface area contributed by atoms with Crippen LogP contribution in [0.15, 0.2) is 54.9 Å². The van der Waals surface area contributed by atoms with Crippen molar-refractivity contribution < 1.29 is 22.6 Å². The Bertz CT molecular complexity index is 1100. The van der Waals surface area contributed by atoms with E-state index in [9.17, 15) is 13.2 Å². The fraction of sp³-hybridized carbons (Fsp3) is 0.462. The normalized spacial score (nSPS) is 19.5. The molecule has 0 radical (unpaired) electrons. The quantitative estimate of drug-likeness (QED) is 0.461. The Kier molecular flexibility index (Phi) is 7.06. The number of rotatable bonds is 8. The molecule has 3 aromatic rings. The van der Waals surface area contributed by atoms with Crippen molar-refractivity contribution in [1.29, 1.82) is 0 Å². The molecule has 0 saturated carbocycles. The van der Waals surface area contributed by atoms with Gasteiger partial charge in [-0.1, -0.05) is 18.2 Å². The molecular formula is C26H29F3N4O2. The predicted molar refractivity (Wildman–Crippen MR) is 124 cm³/mol. The number of hydrogen-bond donors (Lipinski definition) is 0. The van der Waals surface area contributed by atoms with Crippen LogP contribution >= 0.6 is 0 Å². The molecule has 2 fully saturated rings. The molecule has 0 bridgehead atoms. The van der Waals surface area contributed by atoms with E-state index >= 15 is 0 Å². The molecule has 9 heteroatoms. The minimum Gasteiger partial charge on any atom is -0.474 e. The maximum atomic E-state index is 12.8. The summed E-state index contributed by atoms with van der Waals surface area (Å²) in [6, 6.07) is 10.8. The Morgan fingerprint density at radius 2 is 1.80 bits per heavy atom. The van der Waals surface area contributed by atoms with Gasteiger partial charge in [0.15, 0.2) is 0 Å². The molecule has 1 atom stereocenters. The van der Waals surface area contributed by atoms with Crippen LogP contribution in [0.4, 0.5) is 13.2 Å². The molecule has 2 aliphatic heterocycles. The molecule has 0 spiro atoms. The van der Waals surface area contributed by atoms with E-state index in [1.54, 1.807) is 0 Å². The van der Waals surface area contributed by atoms with Crippen LogP contribution in [0.25, 0.3) is 0 Å². The molecule has 0 N–H and O–H groups in total. The van der Waals surface area contributed by atoms with E-state index in [0.717, 1.165) is 81.3 Å². The summed E-state index contributed by atoms with van der Waals surface area (Å²) in [5.74, 6) is 1.63. The number of alkyl halides is 3. The topological polar surface area (TPSA) is 52.4 Å². The van der Waals surface area contributed by atoms with Crippen LogP contribution in [0.3, 0.4) is 0 Å². The Balaban J connectivity index is 1.11. The summed E-state index contributed by atoms with van der Waals surface area (Å²) < 4.78 is 52.2. The van der Waals surface area contributed by atoms with Gasteiger partial charge in [0.1, 0.15) is 11.9 Å². The lowest BCUT2D eigenvalue weighted by Crippen LogP contribution is -2.39. The van der Waals surface area contributed by atoms with Gasteiger partial charge in [-0.3, -0.25) is 4.90 Å². The van der Waals surface area contributed by atoms with Crippen LogP contribution in [0.2, 0.25) is 0 Å². The molecule has 0 amide bonds. The van der Waals surface area contributed by atoms with Crippen LogP contribution < -0.4 is 4.74 Å². The van der Waals surface area contributed by atoms with Crippen LogP contribution in [0, 0.1) is 0 Å². The average molecular weight is 487 g/mol. The summed E-state index contributed by atoms with van der Waals surface area (Å²) in [5, 5.41) is 0. The fourth-order valence-electron chi connectivity index (χ4n) is 4.50. The smallest absolute Gasteiger partial charge is 0.416 e. The monoisotopic (exact) mass is 486 g/mol.